The molecule has 0 bridgehead atoms. The van der Waals surface area contributed by atoms with E-state index in [2.05, 4.69) is 12.1 Å². The Bertz CT molecular complexity index is 682. The monoisotopic (exact) mass is 325 g/mol. The quantitative estimate of drug-likeness (QED) is 0.791. The molecular formula is C20H23NO3. The van der Waals surface area contributed by atoms with Crippen LogP contribution >= 0.6 is 0 Å². The molecule has 2 aromatic rings. The van der Waals surface area contributed by atoms with Gasteiger partial charge in [-0.2, -0.15) is 0 Å². The lowest BCUT2D eigenvalue weighted by molar-refractivity contribution is -0.144. The Morgan fingerprint density at radius 1 is 1.00 bits per heavy atom. The molecule has 2 aromatic carbocycles. The molecule has 4 heteroatoms. The number of nitrogens with zero attached hydrogens (tertiary/aromatic N) is 1. The van der Waals surface area contributed by atoms with Gasteiger partial charge < -0.3 is 14.4 Å². The number of esters is 1. The number of hydrogen-bond acceptors (Lipinski definition) is 4. The number of rotatable bonds is 5. The minimum absolute atomic E-state index is 0.00879. The molecule has 1 heterocycles. The zero-order valence-corrected chi connectivity index (χ0v) is 14.3. The Hall–Kier alpha value is -2.33. The lowest BCUT2D eigenvalue weighted by Gasteiger charge is -2.23. The SMILES string of the molecule is COc1ccc([C@H]2OC(=O)[C@@H](CN(C)C)[C@H]2c2ccccc2)cc1. The van der Waals surface area contributed by atoms with Gasteiger partial charge in [-0.25, -0.2) is 0 Å². The van der Waals surface area contributed by atoms with Crippen molar-refractivity contribution in [3.8, 4) is 5.75 Å². The van der Waals surface area contributed by atoms with Crippen molar-refractivity contribution in [2.24, 2.45) is 5.92 Å². The molecule has 1 saturated heterocycles. The third-order valence-corrected chi connectivity index (χ3v) is 4.50. The summed E-state index contributed by atoms with van der Waals surface area (Å²) in [6, 6.07) is 17.9. The summed E-state index contributed by atoms with van der Waals surface area (Å²) in [5.41, 5.74) is 2.13. The molecule has 0 amide bonds. The van der Waals surface area contributed by atoms with E-state index in [1.165, 1.54) is 0 Å². The molecule has 1 aliphatic rings. The molecule has 0 saturated carbocycles. The second-order valence-electron chi connectivity index (χ2n) is 6.44. The van der Waals surface area contributed by atoms with Gasteiger partial charge in [0.25, 0.3) is 0 Å². The van der Waals surface area contributed by atoms with E-state index < -0.39 is 0 Å². The zero-order chi connectivity index (χ0) is 17.1. The van der Waals surface area contributed by atoms with Crippen molar-refractivity contribution in [3.63, 3.8) is 0 Å². The summed E-state index contributed by atoms with van der Waals surface area (Å²) in [6.45, 7) is 0.672. The van der Waals surface area contributed by atoms with Gasteiger partial charge in [-0.05, 0) is 37.4 Å². The van der Waals surface area contributed by atoms with Crippen LogP contribution in [0, 0.1) is 5.92 Å². The molecule has 0 N–H and O–H groups in total. The minimum Gasteiger partial charge on any atom is -0.497 e. The van der Waals surface area contributed by atoms with Crippen molar-refractivity contribution in [2.75, 3.05) is 27.7 Å². The smallest absolute Gasteiger partial charge is 0.311 e. The van der Waals surface area contributed by atoms with Crippen LogP contribution in [0.4, 0.5) is 0 Å². The summed E-state index contributed by atoms with van der Waals surface area (Å²) in [5, 5.41) is 0. The molecule has 3 atom stereocenters. The fourth-order valence-electron chi connectivity index (χ4n) is 3.38. The number of carbonyl (C=O) groups is 1. The summed E-state index contributed by atoms with van der Waals surface area (Å²) >= 11 is 0. The Kier molecular flexibility index (Phi) is 4.86. The summed E-state index contributed by atoms with van der Waals surface area (Å²) < 4.78 is 11.0. The number of benzene rings is 2. The third kappa shape index (κ3) is 3.29. The van der Waals surface area contributed by atoms with Gasteiger partial charge in [0.15, 0.2) is 0 Å². The van der Waals surface area contributed by atoms with Crippen LogP contribution in [0.25, 0.3) is 0 Å². The fraction of sp³-hybridized carbons (Fsp3) is 0.350. The minimum atomic E-state index is -0.268. The molecule has 0 radical (unpaired) electrons. The average molecular weight is 325 g/mol. The van der Waals surface area contributed by atoms with E-state index in [9.17, 15) is 4.79 Å². The van der Waals surface area contributed by atoms with Crippen LogP contribution in [0.3, 0.4) is 0 Å². The molecule has 3 rings (SSSR count). The largest absolute Gasteiger partial charge is 0.497 e. The third-order valence-electron chi connectivity index (χ3n) is 4.50. The van der Waals surface area contributed by atoms with Crippen molar-refractivity contribution < 1.29 is 14.3 Å². The standard InChI is InChI=1S/C20H23NO3/c1-21(2)13-17-18(14-7-5-4-6-8-14)19(24-20(17)22)15-9-11-16(23-3)12-10-15/h4-12,17-19H,13H2,1-3H3/t17-,18+,19+/m0/s1. The van der Waals surface area contributed by atoms with E-state index in [1.807, 2.05) is 61.5 Å². The molecule has 1 aliphatic heterocycles. The predicted molar refractivity (Wildman–Crippen MR) is 93.1 cm³/mol. The van der Waals surface area contributed by atoms with Gasteiger partial charge in [0.05, 0.1) is 13.0 Å². The molecule has 0 aromatic heterocycles. The maximum atomic E-state index is 12.5. The predicted octanol–water partition coefficient (Wildman–Crippen LogP) is 3.25. The summed E-state index contributed by atoms with van der Waals surface area (Å²) in [7, 11) is 5.61. The summed E-state index contributed by atoms with van der Waals surface area (Å²) in [6.07, 6.45) is -0.268. The molecular weight excluding hydrogens is 302 g/mol. The van der Waals surface area contributed by atoms with Crippen molar-refractivity contribution in [2.45, 2.75) is 12.0 Å². The highest BCUT2D eigenvalue weighted by Gasteiger charge is 2.46. The second-order valence-corrected chi connectivity index (χ2v) is 6.44. The van der Waals surface area contributed by atoms with Crippen LogP contribution < -0.4 is 4.74 Å². The van der Waals surface area contributed by atoms with Gasteiger partial charge in [-0.15, -0.1) is 0 Å². The number of ether oxygens (including phenoxy) is 2. The maximum absolute atomic E-state index is 12.5. The number of carbonyl (C=O) groups excluding carboxylic acids is 1. The molecule has 0 unspecified atom stereocenters. The van der Waals surface area contributed by atoms with Crippen molar-refractivity contribution in [1.29, 1.82) is 0 Å². The van der Waals surface area contributed by atoms with Gasteiger partial charge in [0.2, 0.25) is 0 Å². The van der Waals surface area contributed by atoms with Crippen molar-refractivity contribution >= 4 is 5.97 Å². The zero-order valence-electron chi connectivity index (χ0n) is 14.3. The summed E-state index contributed by atoms with van der Waals surface area (Å²) in [4.78, 5) is 14.6. The first-order valence-electron chi connectivity index (χ1n) is 8.14. The first-order valence-corrected chi connectivity index (χ1v) is 8.14. The van der Waals surface area contributed by atoms with Gasteiger partial charge in [0, 0.05) is 12.5 Å². The fourth-order valence-corrected chi connectivity index (χ4v) is 3.38. The first-order chi connectivity index (χ1) is 11.6. The molecule has 1 fully saturated rings. The molecule has 0 spiro atoms. The molecule has 24 heavy (non-hydrogen) atoms. The Balaban J connectivity index is 1.98. The van der Waals surface area contributed by atoms with E-state index in [1.54, 1.807) is 7.11 Å². The van der Waals surface area contributed by atoms with Crippen LogP contribution in [0.5, 0.6) is 5.75 Å². The first kappa shape index (κ1) is 16.5. The van der Waals surface area contributed by atoms with Crippen LogP contribution in [0.1, 0.15) is 23.1 Å². The molecule has 0 aliphatic carbocycles. The van der Waals surface area contributed by atoms with Crippen LogP contribution in [0.15, 0.2) is 54.6 Å². The van der Waals surface area contributed by atoms with Crippen LogP contribution in [-0.4, -0.2) is 38.6 Å². The van der Waals surface area contributed by atoms with Gasteiger partial charge >= 0.3 is 5.97 Å². The van der Waals surface area contributed by atoms with Gasteiger partial charge in [0.1, 0.15) is 11.9 Å². The van der Waals surface area contributed by atoms with E-state index in [0.717, 1.165) is 16.9 Å². The number of cyclic esters (lactones) is 1. The van der Waals surface area contributed by atoms with Gasteiger partial charge in [-0.1, -0.05) is 42.5 Å². The highest BCUT2D eigenvalue weighted by Crippen LogP contribution is 2.46. The van der Waals surface area contributed by atoms with E-state index in [-0.39, 0.29) is 23.9 Å². The van der Waals surface area contributed by atoms with E-state index in [4.69, 9.17) is 9.47 Å². The lowest BCUT2D eigenvalue weighted by atomic mass is 9.81. The van der Waals surface area contributed by atoms with Crippen molar-refractivity contribution in [1.82, 2.24) is 4.90 Å². The number of methoxy groups -OCH3 is 1. The Morgan fingerprint density at radius 2 is 1.67 bits per heavy atom. The average Bonchev–Trinajstić information content (AvgIpc) is 2.92. The van der Waals surface area contributed by atoms with E-state index in [0.29, 0.717) is 6.54 Å². The lowest BCUT2D eigenvalue weighted by Crippen LogP contribution is -2.28. The second kappa shape index (κ2) is 7.05. The maximum Gasteiger partial charge on any atom is 0.311 e. The normalized spacial score (nSPS) is 23.3. The number of hydrogen-bond donors (Lipinski definition) is 0. The Morgan fingerprint density at radius 3 is 2.25 bits per heavy atom. The van der Waals surface area contributed by atoms with Crippen molar-refractivity contribution in [3.05, 3.63) is 65.7 Å². The summed E-state index contributed by atoms with van der Waals surface area (Å²) in [5.74, 6) is 0.506. The van der Waals surface area contributed by atoms with Gasteiger partial charge in [-0.3, -0.25) is 4.79 Å². The highest BCUT2D eigenvalue weighted by atomic mass is 16.6. The van der Waals surface area contributed by atoms with E-state index >= 15 is 0 Å². The molecule has 126 valence electrons. The molecule has 4 nitrogen and oxygen atoms in total. The van der Waals surface area contributed by atoms with Crippen LogP contribution in [-0.2, 0) is 9.53 Å². The topological polar surface area (TPSA) is 38.8 Å². The highest BCUT2D eigenvalue weighted by molar-refractivity contribution is 5.77. The Labute approximate surface area is 143 Å². The van der Waals surface area contributed by atoms with Crippen LogP contribution in [0.2, 0.25) is 0 Å².